The molecule has 1 N–H and O–H groups in total. The molecular weight excluding hydrogens is 316 g/mol. The van der Waals surface area contributed by atoms with Crippen LogP contribution in [-0.4, -0.2) is 49.2 Å². The summed E-state index contributed by atoms with van der Waals surface area (Å²) in [5.74, 6) is 1.74. The van der Waals surface area contributed by atoms with Crippen LogP contribution in [0.15, 0.2) is 24.3 Å². The standard InChI is InChI=1S/C20H26N2O3/c1-24-17-4-5-18-16(11-17)12-19(21-18)15-3-2-8-22(13-15)20(23)14-6-9-25-10-7-14/h4-5,11-12,14-15,21H,2-3,6-10,13H2,1H3. The van der Waals surface area contributed by atoms with Crippen LogP contribution in [0.25, 0.3) is 10.9 Å². The van der Waals surface area contributed by atoms with Crippen LogP contribution in [0, 0.1) is 5.92 Å². The minimum Gasteiger partial charge on any atom is -0.497 e. The summed E-state index contributed by atoms with van der Waals surface area (Å²) >= 11 is 0. The molecule has 4 rings (SSSR count). The van der Waals surface area contributed by atoms with Crippen LogP contribution in [0.4, 0.5) is 0 Å². The highest BCUT2D eigenvalue weighted by molar-refractivity contribution is 5.82. The van der Waals surface area contributed by atoms with E-state index in [1.807, 2.05) is 6.07 Å². The van der Waals surface area contributed by atoms with Gasteiger partial charge in [0.1, 0.15) is 5.75 Å². The number of ether oxygens (including phenoxy) is 2. The zero-order valence-corrected chi connectivity index (χ0v) is 14.8. The highest BCUT2D eigenvalue weighted by Gasteiger charge is 2.31. The molecule has 1 unspecified atom stereocenters. The molecule has 1 aromatic heterocycles. The minimum absolute atomic E-state index is 0.152. The normalized spacial score (nSPS) is 22.3. The van der Waals surface area contributed by atoms with E-state index in [9.17, 15) is 4.79 Å². The zero-order valence-electron chi connectivity index (χ0n) is 14.8. The Labute approximate surface area is 148 Å². The SMILES string of the molecule is COc1ccc2[nH]c(C3CCCN(C(=O)C4CCOCC4)C3)cc2c1. The van der Waals surface area contributed by atoms with Gasteiger partial charge in [-0.1, -0.05) is 0 Å². The molecule has 0 spiro atoms. The molecule has 5 heteroatoms. The van der Waals surface area contributed by atoms with Crippen LogP contribution in [0.2, 0.25) is 0 Å². The molecule has 3 heterocycles. The molecule has 1 aromatic carbocycles. The molecule has 0 aliphatic carbocycles. The molecule has 25 heavy (non-hydrogen) atoms. The minimum atomic E-state index is 0.152. The number of aromatic nitrogens is 1. The Bertz CT molecular complexity index is 748. The average Bonchev–Trinajstić information content (AvgIpc) is 3.11. The second-order valence-corrected chi connectivity index (χ2v) is 7.19. The Morgan fingerprint density at radius 1 is 1.24 bits per heavy atom. The van der Waals surface area contributed by atoms with Gasteiger partial charge in [0.2, 0.25) is 5.91 Å². The second-order valence-electron chi connectivity index (χ2n) is 7.19. The highest BCUT2D eigenvalue weighted by atomic mass is 16.5. The summed E-state index contributed by atoms with van der Waals surface area (Å²) in [4.78, 5) is 18.5. The molecule has 5 nitrogen and oxygen atoms in total. The van der Waals surface area contributed by atoms with Gasteiger partial charge in [0, 0.05) is 54.7 Å². The number of benzene rings is 1. The molecule has 2 fully saturated rings. The molecule has 0 bridgehead atoms. The van der Waals surface area contributed by atoms with Gasteiger partial charge in [-0.3, -0.25) is 4.79 Å². The van der Waals surface area contributed by atoms with E-state index in [1.54, 1.807) is 7.11 Å². The van der Waals surface area contributed by atoms with Crippen LogP contribution < -0.4 is 4.74 Å². The molecule has 2 saturated heterocycles. The number of nitrogens with zero attached hydrogens (tertiary/aromatic N) is 1. The Morgan fingerprint density at radius 2 is 2.08 bits per heavy atom. The lowest BCUT2D eigenvalue weighted by Crippen LogP contribution is -2.43. The maximum absolute atomic E-state index is 12.8. The summed E-state index contributed by atoms with van der Waals surface area (Å²) in [7, 11) is 1.69. The number of amides is 1. The summed E-state index contributed by atoms with van der Waals surface area (Å²) in [6.45, 7) is 3.15. The van der Waals surface area contributed by atoms with E-state index in [0.717, 1.165) is 63.3 Å². The molecule has 2 aliphatic heterocycles. The number of hydrogen-bond donors (Lipinski definition) is 1. The number of piperidine rings is 1. The van der Waals surface area contributed by atoms with Crippen molar-refractivity contribution < 1.29 is 14.3 Å². The summed E-state index contributed by atoms with van der Waals surface area (Å²) in [6, 6.07) is 8.31. The van der Waals surface area contributed by atoms with E-state index in [2.05, 4.69) is 28.1 Å². The van der Waals surface area contributed by atoms with Crippen LogP contribution in [0.1, 0.15) is 37.3 Å². The van der Waals surface area contributed by atoms with Gasteiger partial charge in [-0.15, -0.1) is 0 Å². The maximum atomic E-state index is 12.8. The molecule has 2 aliphatic rings. The molecular formula is C20H26N2O3. The van der Waals surface area contributed by atoms with Gasteiger partial charge in [0.15, 0.2) is 0 Å². The van der Waals surface area contributed by atoms with Crippen molar-refractivity contribution in [2.75, 3.05) is 33.4 Å². The smallest absolute Gasteiger partial charge is 0.225 e. The molecule has 134 valence electrons. The van der Waals surface area contributed by atoms with Crippen molar-refractivity contribution >= 4 is 16.8 Å². The van der Waals surface area contributed by atoms with Crippen molar-refractivity contribution in [3.8, 4) is 5.75 Å². The third kappa shape index (κ3) is 3.38. The zero-order chi connectivity index (χ0) is 17.2. The average molecular weight is 342 g/mol. The number of carbonyl (C=O) groups is 1. The van der Waals surface area contributed by atoms with E-state index in [0.29, 0.717) is 11.8 Å². The third-order valence-electron chi connectivity index (χ3n) is 5.59. The van der Waals surface area contributed by atoms with Gasteiger partial charge in [0.25, 0.3) is 0 Å². The number of nitrogens with one attached hydrogen (secondary N) is 1. The first kappa shape index (κ1) is 16.5. The molecule has 0 saturated carbocycles. The number of H-pyrrole nitrogens is 1. The van der Waals surface area contributed by atoms with Crippen molar-refractivity contribution in [3.63, 3.8) is 0 Å². The number of rotatable bonds is 3. The Morgan fingerprint density at radius 3 is 2.88 bits per heavy atom. The van der Waals surface area contributed by atoms with Crippen molar-refractivity contribution in [1.29, 1.82) is 0 Å². The first-order valence-corrected chi connectivity index (χ1v) is 9.28. The molecule has 0 radical (unpaired) electrons. The van der Waals surface area contributed by atoms with Gasteiger partial charge in [0.05, 0.1) is 7.11 Å². The monoisotopic (exact) mass is 342 g/mol. The number of fused-ring (bicyclic) bond motifs is 1. The lowest BCUT2D eigenvalue weighted by atomic mass is 9.92. The maximum Gasteiger partial charge on any atom is 0.225 e. The highest BCUT2D eigenvalue weighted by Crippen LogP contribution is 2.31. The van der Waals surface area contributed by atoms with Gasteiger partial charge in [-0.05, 0) is 49.9 Å². The molecule has 1 atom stereocenters. The lowest BCUT2D eigenvalue weighted by Gasteiger charge is -2.35. The first-order chi connectivity index (χ1) is 12.2. The number of methoxy groups -OCH3 is 1. The van der Waals surface area contributed by atoms with Crippen LogP contribution >= 0.6 is 0 Å². The fourth-order valence-electron chi connectivity index (χ4n) is 4.11. The van der Waals surface area contributed by atoms with E-state index < -0.39 is 0 Å². The van der Waals surface area contributed by atoms with Crippen LogP contribution in [0.3, 0.4) is 0 Å². The largest absolute Gasteiger partial charge is 0.497 e. The van der Waals surface area contributed by atoms with Crippen molar-refractivity contribution in [2.24, 2.45) is 5.92 Å². The van der Waals surface area contributed by atoms with Crippen molar-refractivity contribution in [1.82, 2.24) is 9.88 Å². The van der Waals surface area contributed by atoms with Crippen molar-refractivity contribution in [2.45, 2.75) is 31.6 Å². The van der Waals surface area contributed by atoms with Crippen molar-refractivity contribution in [3.05, 3.63) is 30.0 Å². The topological polar surface area (TPSA) is 54.6 Å². The van der Waals surface area contributed by atoms with Gasteiger partial charge in [-0.2, -0.15) is 0 Å². The van der Waals surface area contributed by atoms with E-state index in [1.165, 1.54) is 11.1 Å². The Hall–Kier alpha value is -2.01. The lowest BCUT2D eigenvalue weighted by molar-refractivity contribution is -0.139. The third-order valence-corrected chi connectivity index (χ3v) is 5.59. The predicted octanol–water partition coefficient (Wildman–Crippen LogP) is 3.31. The number of carbonyl (C=O) groups excluding carboxylic acids is 1. The van der Waals surface area contributed by atoms with Gasteiger partial charge >= 0.3 is 0 Å². The second kappa shape index (κ2) is 7.08. The quantitative estimate of drug-likeness (QED) is 0.931. The summed E-state index contributed by atoms with van der Waals surface area (Å²) in [5, 5.41) is 1.17. The Kier molecular flexibility index (Phi) is 4.66. The summed E-state index contributed by atoms with van der Waals surface area (Å²) in [5.41, 5.74) is 2.36. The molecule has 1 amide bonds. The Balaban J connectivity index is 1.49. The first-order valence-electron chi connectivity index (χ1n) is 9.28. The van der Waals surface area contributed by atoms with Crippen LogP contribution in [-0.2, 0) is 9.53 Å². The van der Waals surface area contributed by atoms with E-state index >= 15 is 0 Å². The van der Waals surface area contributed by atoms with Crippen LogP contribution in [0.5, 0.6) is 5.75 Å². The van der Waals surface area contributed by atoms with Gasteiger partial charge in [-0.25, -0.2) is 0 Å². The number of likely N-dealkylation sites (tertiary alicyclic amines) is 1. The van der Waals surface area contributed by atoms with Gasteiger partial charge < -0.3 is 19.4 Å². The summed E-state index contributed by atoms with van der Waals surface area (Å²) in [6.07, 6.45) is 3.93. The number of aromatic amines is 1. The van der Waals surface area contributed by atoms with E-state index in [-0.39, 0.29) is 5.92 Å². The number of hydrogen-bond acceptors (Lipinski definition) is 3. The fraction of sp³-hybridized carbons (Fsp3) is 0.550. The molecule has 2 aromatic rings. The summed E-state index contributed by atoms with van der Waals surface area (Å²) < 4.78 is 10.7. The van der Waals surface area contributed by atoms with E-state index in [4.69, 9.17) is 9.47 Å². The fourth-order valence-corrected chi connectivity index (χ4v) is 4.11. The predicted molar refractivity (Wildman–Crippen MR) is 96.9 cm³/mol.